The van der Waals surface area contributed by atoms with Gasteiger partial charge in [0.25, 0.3) is 0 Å². The van der Waals surface area contributed by atoms with Crippen LogP contribution in [0.2, 0.25) is 5.15 Å². The Morgan fingerprint density at radius 3 is 2.37 bits per heavy atom. The maximum Gasteiger partial charge on any atom is 0.168 e. The van der Waals surface area contributed by atoms with Gasteiger partial charge >= 0.3 is 0 Å². The Labute approximate surface area is 116 Å². The third-order valence-electron chi connectivity index (χ3n) is 2.94. The van der Waals surface area contributed by atoms with E-state index in [1.54, 1.807) is 10.9 Å². The molecule has 3 aromatic rings. The number of rotatable bonds is 1. The summed E-state index contributed by atoms with van der Waals surface area (Å²) in [6.45, 7) is 5.95. The van der Waals surface area contributed by atoms with Crippen LogP contribution in [-0.4, -0.2) is 19.7 Å². The van der Waals surface area contributed by atoms with E-state index in [0.717, 1.165) is 16.7 Å². The summed E-state index contributed by atoms with van der Waals surface area (Å²) < 4.78 is 1.80. The van der Waals surface area contributed by atoms with Crippen LogP contribution in [0.15, 0.2) is 24.4 Å². The maximum absolute atomic E-state index is 6.12. The van der Waals surface area contributed by atoms with Gasteiger partial charge < -0.3 is 0 Å². The van der Waals surface area contributed by atoms with Crippen LogP contribution in [0.4, 0.5) is 0 Å². The van der Waals surface area contributed by atoms with E-state index in [1.165, 1.54) is 11.1 Å². The SMILES string of the molecule is Cc1cc(C)cc(-n2ncc3c(Cl)nc(C)nc32)c1. The highest BCUT2D eigenvalue weighted by Gasteiger charge is 2.11. The number of hydrogen-bond acceptors (Lipinski definition) is 3. The molecule has 0 spiro atoms. The van der Waals surface area contributed by atoms with E-state index in [4.69, 9.17) is 11.6 Å². The zero-order chi connectivity index (χ0) is 13.6. The standard InChI is InChI=1S/C14H13ClN4/c1-8-4-9(2)6-11(5-8)19-14-12(7-16-19)13(15)17-10(3)18-14/h4-7H,1-3H3. The van der Waals surface area contributed by atoms with Gasteiger partial charge in [-0.15, -0.1) is 0 Å². The van der Waals surface area contributed by atoms with Gasteiger partial charge in [-0.2, -0.15) is 5.10 Å². The average Bonchev–Trinajstić information content (AvgIpc) is 2.71. The van der Waals surface area contributed by atoms with Crippen LogP contribution < -0.4 is 0 Å². The topological polar surface area (TPSA) is 43.6 Å². The molecule has 0 amide bonds. The third-order valence-corrected chi connectivity index (χ3v) is 3.23. The molecule has 0 fully saturated rings. The predicted octanol–water partition coefficient (Wildman–Crippen LogP) is 3.39. The Morgan fingerprint density at radius 2 is 1.68 bits per heavy atom. The van der Waals surface area contributed by atoms with Crippen molar-refractivity contribution < 1.29 is 0 Å². The zero-order valence-corrected chi connectivity index (χ0v) is 11.7. The Morgan fingerprint density at radius 1 is 1.00 bits per heavy atom. The van der Waals surface area contributed by atoms with Gasteiger partial charge in [-0.05, 0) is 44.0 Å². The van der Waals surface area contributed by atoms with E-state index in [0.29, 0.717) is 11.0 Å². The number of aryl methyl sites for hydroxylation is 3. The molecule has 0 N–H and O–H groups in total. The summed E-state index contributed by atoms with van der Waals surface area (Å²) in [5, 5.41) is 5.59. The van der Waals surface area contributed by atoms with Crippen molar-refractivity contribution in [3.63, 3.8) is 0 Å². The number of halogens is 1. The van der Waals surface area contributed by atoms with Crippen LogP contribution in [0.5, 0.6) is 0 Å². The molecule has 0 radical (unpaired) electrons. The summed E-state index contributed by atoms with van der Waals surface area (Å²) in [7, 11) is 0. The Bertz CT molecular complexity index is 756. The number of nitrogens with zero attached hydrogens (tertiary/aromatic N) is 4. The number of fused-ring (bicyclic) bond motifs is 1. The summed E-state index contributed by atoms with van der Waals surface area (Å²) in [6, 6.07) is 6.28. The van der Waals surface area contributed by atoms with E-state index < -0.39 is 0 Å². The van der Waals surface area contributed by atoms with Gasteiger partial charge in [-0.25, -0.2) is 14.6 Å². The minimum absolute atomic E-state index is 0.443. The van der Waals surface area contributed by atoms with Crippen LogP contribution in [0.25, 0.3) is 16.7 Å². The molecule has 0 saturated carbocycles. The van der Waals surface area contributed by atoms with Gasteiger partial charge in [0.15, 0.2) is 5.65 Å². The molecule has 96 valence electrons. The molecule has 0 bridgehead atoms. The summed E-state index contributed by atoms with van der Waals surface area (Å²) >= 11 is 6.12. The molecule has 19 heavy (non-hydrogen) atoms. The maximum atomic E-state index is 6.12. The summed E-state index contributed by atoms with van der Waals surface area (Å²) in [5.74, 6) is 0.642. The van der Waals surface area contributed by atoms with E-state index >= 15 is 0 Å². The van der Waals surface area contributed by atoms with E-state index in [2.05, 4.69) is 47.1 Å². The molecular formula is C14H13ClN4. The molecule has 0 aliphatic heterocycles. The fourth-order valence-electron chi connectivity index (χ4n) is 2.24. The molecule has 4 nitrogen and oxygen atoms in total. The van der Waals surface area contributed by atoms with Gasteiger partial charge in [0, 0.05) is 0 Å². The Balaban J connectivity index is 2.31. The normalized spacial score (nSPS) is 11.2. The zero-order valence-electron chi connectivity index (χ0n) is 11.0. The van der Waals surface area contributed by atoms with Crippen molar-refractivity contribution in [3.05, 3.63) is 46.5 Å². The lowest BCUT2D eigenvalue weighted by molar-refractivity contribution is 0.887. The molecule has 3 rings (SSSR count). The van der Waals surface area contributed by atoms with E-state index in [1.807, 2.05) is 6.92 Å². The Hall–Kier alpha value is -1.94. The van der Waals surface area contributed by atoms with Crippen molar-refractivity contribution in [1.29, 1.82) is 0 Å². The monoisotopic (exact) mass is 272 g/mol. The minimum atomic E-state index is 0.443. The molecule has 0 aliphatic carbocycles. The number of aromatic nitrogens is 4. The number of benzene rings is 1. The third kappa shape index (κ3) is 2.08. The average molecular weight is 273 g/mol. The van der Waals surface area contributed by atoms with Crippen molar-refractivity contribution in [2.75, 3.05) is 0 Å². The van der Waals surface area contributed by atoms with Gasteiger partial charge in [-0.1, -0.05) is 17.7 Å². The molecule has 0 aliphatic rings. The van der Waals surface area contributed by atoms with Crippen LogP contribution >= 0.6 is 11.6 Å². The molecule has 2 heterocycles. The molecule has 2 aromatic heterocycles. The fourth-order valence-corrected chi connectivity index (χ4v) is 2.49. The highest BCUT2D eigenvalue weighted by atomic mass is 35.5. The molecular weight excluding hydrogens is 260 g/mol. The first kappa shape index (κ1) is 12.1. The quantitative estimate of drug-likeness (QED) is 0.638. The van der Waals surface area contributed by atoms with Crippen LogP contribution in [-0.2, 0) is 0 Å². The first-order valence-electron chi connectivity index (χ1n) is 6.01. The largest absolute Gasteiger partial charge is 0.221 e. The second kappa shape index (κ2) is 4.31. The first-order chi connectivity index (χ1) is 9.04. The smallest absolute Gasteiger partial charge is 0.168 e. The minimum Gasteiger partial charge on any atom is -0.221 e. The summed E-state index contributed by atoms with van der Waals surface area (Å²) in [4.78, 5) is 8.58. The summed E-state index contributed by atoms with van der Waals surface area (Å²) in [5.41, 5.74) is 4.11. The van der Waals surface area contributed by atoms with Crippen LogP contribution in [0, 0.1) is 20.8 Å². The number of hydrogen-bond donors (Lipinski definition) is 0. The van der Waals surface area contributed by atoms with Gasteiger partial charge in [0.2, 0.25) is 0 Å². The summed E-state index contributed by atoms with van der Waals surface area (Å²) in [6.07, 6.45) is 1.70. The second-order valence-electron chi connectivity index (χ2n) is 4.70. The van der Waals surface area contributed by atoms with Gasteiger partial charge in [0.05, 0.1) is 17.3 Å². The second-order valence-corrected chi connectivity index (χ2v) is 5.06. The van der Waals surface area contributed by atoms with Crippen molar-refractivity contribution in [3.8, 4) is 5.69 Å². The lowest BCUT2D eigenvalue weighted by atomic mass is 10.1. The molecule has 0 atom stereocenters. The highest BCUT2D eigenvalue weighted by Crippen LogP contribution is 2.23. The van der Waals surface area contributed by atoms with Gasteiger partial charge in [-0.3, -0.25) is 0 Å². The van der Waals surface area contributed by atoms with E-state index in [9.17, 15) is 0 Å². The fraction of sp³-hybridized carbons (Fsp3) is 0.214. The lowest BCUT2D eigenvalue weighted by Gasteiger charge is -2.06. The van der Waals surface area contributed by atoms with Crippen LogP contribution in [0.3, 0.4) is 0 Å². The van der Waals surface area contributed by atoms with Crippen molar-refractivity contribution in [1.82, 2.24) is 19.7 Å². The van der Waals surface area contributed by atoms with E-state index in [-0.39, 0.29) is 0 Å². The van der Waals surface area contributed by atoms with Crippen molar-refractivity contribution in [2.24, 2.45) is 0 Å². The first-order valence-corrected chi connectivity index (χ1v) is 6.39. The van der Waals surface area contributed by atoms with Crippen molar-refractivity contribution >= 4 is 22.6 Å². The lowest BCUT2D eigenvalue weighted by Crippen LogP contribution is -2.00. The molecule has 1 aromatic carbocycles. The molecule has 0 saturated heterocycles. The highest BCUT2D eigenvalue weighted by molar-refractivity contribution is 6.33. The van der Waals surface area contributed by atoms with Gasteiger partial charge in [0.1, 0.15) is 11.0 Å². The van der Waals surface area contributed by atoms with Crippen LogP contribution in [0.1, 0.15) is 17.0 Å². The Kier molecular flexibility index (Phi) is 2.75. The van der Waals surface area contributed by atoms with Crippen molar-refractivity contribution in [2.45, 2.75) is 20.8 Å². The predicted molar refractivity (Wildman–Crippen MR) is 75.9 cm³/mol. The molecule has 0 unspecified atom stereocenters. The molecule has 5 heteroatoms.